The maximum absolute atomic E-state index is 12.5. The van der Waals surface area contributed by atoms with Crippen LogP contribution in [-0.4, -0.2) is 21.9 Å². The molecule has 0 bridgehead atoms. The van der Waals surface area contributed by atoms with Crippen molar-refractivity contribution in [1.29, 1.82) is 0 Å². The number of benzene rings is 1. The molecule has 1 aliphatic carbocycles. The summed E-state index contributed by atoms with van der Waals surface area (Å²) < 4.78 is 37.5. The molecule has 0 spiro atoms. The van der Waals surface area contributed by atoms with Crippen LogP contribution in [0.2, 0.25) is 0 Å². The number of aromatic nitrogens is 2. The van der Waals surface area contributed by atoms with Gasteiger partial charge in [0.15, 0.2) is 0 Å². The van der Waals surface area contributed by atoms with Gasteiger partial charge < -0.3 is 10.3 Å². The number of rotatable bonds is 2. The molecule has 0 radical (unpaired) electrons. The Balaban J connectivity index is 1.93. The van der Waals surface area contributed by atoms with Crippen LogP contribution in [0, 0.1) is 0 Å². The summed E-state index contributed by atoms with van der Waals surface area (Å²) in [6, 6.07) is 4.47. The van der Waals surface area contributed by atoms with Crippen molar-refractivity contribution in [2.75, 3.05) is 0 Å². The number of imidazole rings is 1. The van der Waals surface area contributed by atoms with Crippen LogP contribution in [0.1, 0.15) is 29.0 Å². The number of amides is 1. The van der Waals surface area contributed by atoms with Gasteiger partial charge in [-0.25, -0.2) is 4.98 Å². The molecule has 1 amide bonds. The number of nitrogens with zero attached hydrogens (tertiary/aromatic N) is 1. The number of fused-ring (bicyclic) bond motifs is 1. The zero-order valence-electron chi connectivity index (χ0n) is 9.71. The molecule has 1 aromatic carbocycles. The van der Waals surface area contributed by atoms with E-state index in [0.29, 0.717) is 5.56 Å². The predicted molar refractivity (Wildman–Crippen MR) is 61.6 cm³/mol. The Morgan fingerprint density at radius 2 is 2.11 bits per heavy atom. The van der Waals surface area contributed by atoms with Crippen molar-refractivity contribution in [3.63, 3.8) is 0 Å². The van der Waals surface area contributed by atoms with E-state index in [1.165, 1.54) is 18.2 Å². The van der Waals surface area contributed by atoms with Crippen molar-refractivity contribution < 1.29 is 18.0 Å². The van der Waals surface area contributed by atoms with Gasteiger partial charge in [0.05, 0.1) is 11.0 Å². The minimum atomic E-state index is -4.52. The Hall–Kier alpha value is -2.05. The summed E-state index contributed by atoms with van der Waals surface area (Å²) in [6.45, 7) is 0. The molecule has 0 atom stereocenters. The lowest BCUT2D eigenvalue weighted by molar-refractivity contribution is -0.144. The van der Waals surface area contributed by atoms with Crippen molar-refractivity contribution in [3.8, 4) is 0 Å². The first kappa shape index (κ1) is 12.0. The van der Waals surface area contributed by atoms with Gasteiger partial charge in [0, 0.05) is 11.6 Å². The van der Waals surface area contributed by atoms with Crippen molar-refractivity contribution in [1.82, 2.24) is 15.3 Å². The van der Waals surface area contributed by atoms with E-state index < -0.39 is 12.0 Å². The number of carbonyl (C=O) groups excluding carboxylic acids is 1. The van der Waals surface area contributed by atoms with E-state index in [1.807, 2.05) is 0 Å². The second-order valence-electron chi connectivity index (χ2n) is 4.56. The summed E-state index contributed by atoms with van der Waals surface area (Å²) in [7, 11) is 0. The number of H-pyrrole nitrogens is 1. The molecule has 0 unspecified atom stereocenters. The fourth-order valence-electron chi connectivity index (χ4n) is 1.78. The van der Waals surface area contributed by atoms with Crippen molar-refractivity contribution in [2.45, 2.75) is 25.1 Å². The number of aromatic amines is 1. The fourth-order valence-corrected chi connectivity index (χ4v) is 1.78. The number of hydrogen-bond donors (Lipinski definition) is 2. The van der Waals surface area contributed by atoms with Crippen LogP contribution in [0.25, 0.3) is 11.0 Å². The third-order valence-electron chi connectivity index (χ3n) is 2.93. The monoisotopic (exact) mass is 269 g/mol. The number of hydrogen-bond acceptors (Lipinski definition) is 2. The Morgan fingerprint density at radius 3 is 2.74 bits per heavy atom. The molecule has 1 heterocycles. The molecule has 19 heavy (non-hydrogen) atoms. The van der Waals surface area contributed by atoms with E-state index in [9.17, 15) is 18.0 Å². The standard InChI is InChI=1S/C12H10F3N3O/c13-12(14,15)11-17-8-4-1-6(5-9(8)18-11)10(19)16-7-2-3-7/h1,4-5,7H,2-3H2,(H,16,19)(H,17,18). The average Bonchev–Trinajstić information content (AvgIpc) is 3.03. The molecule has 1 aromatic heterocycles. The lowest BCUT2D eigenvalue weighted by Gasteiger charge is -2.02. The Morgan fingerprint density at radius 1 is 1.37 bits per heavy atom. The van der Waals surface area contributed by atoms with Gasteiger partial charge in [-0.15, -0.1) is 0 Å². The van der Waals surface area contributed by atoms with E-state index in [4.69, 9.17) is 0 Å². The van der Waals surface area contributed by atoms with Gasteiger partial charge in [0.25, 0.3) is 5.91 Å². The van der Waals surface area contributed by atoms with Crippen LogP contribution in [-0.2, 0) is 6.18 Å². The van der Waals surface area contributed by atoms with E-state index in [2.05, 4.69) is 15.3 Å². The molecule has 0 saturated heterocycles. The fraction of sp³-hybridized carbons (Fsp3) is 0.333. The average molecular weight is 269 g/mol. The quantitative estimate of drug-likeness (QED) is 0.880. The number of alkyl halides is 3. The SMILES string of the molecule is O=C(NC1CC1)c1ccc2nc(C(F)(F)F)[nH]c2c1. The van der Waals surface area contributed by atoms with Gasteiger partial charge in [0.2, 0.25) is 5.82 Å². The summed E-state index contributed by atoms with van der Waals surface area (Å²) in [4.78, 5) is 17.4. The molecule has 1 fully saturated rings. The lowest BCUT2D eigenvalue weighted by atomic mass is 10.2. The zero-order chi connectivity index (χ0) is 13.6. The van der Waals surface area contributed by atoms with Crippen LogP contribution >= 0.6 is 0 Å². The smallest absolute Gasteiger partial charge is 0.349 e. The third kappa shape index (κ3) is 2.40. The second kappa shape index (κ2) is 3.97. The van der Waals surface area contributed by atoms with Crippen molar-refractivity contribution in [2.24, 2.45) is 0 Å². The largest absolute Gasteiger partial charge is 0.449 e. The van der Waals surface area contributed by atoms with Crippen molar-refractivity contribution in [3.05, 3.63) is 29.6 Å². The number of nitrogens with one attached hydrogen (secondary N) is 2. The highest BCUT2D eigenvalue weighted by Crippen LogP contribution is 2.28. The van der Waals surface area contributed by atoms with Gasteiger partial charge in [0.1, 0.15) is 0 Å². The van der Waals surface area contributed by atoms with Crippen LogP contribution in [0.15, 0.2) is 18.2 Å². The Labute approximate surface area is 106 Å². The molecule has 2 N–H and O–H groups in total. The topological polar surface area (TPSA) is 57.8 Å². The first-order valence-corrected chi connectivity index (χ1v) is 5.81. The summed E-state index contributed by atoms with van der Waals surface area (Å²) in [5.74, 6) is -1.32. The van der Waals surface area contributed by atoms with Crippen LogP contribution in [0.3, 0.4) is 0 Å². The molecule has 3 rings (SSSR count). The number of carbonyl (C=O) groups is 1. The first-order valence-electron chi connectivity index (χ1n) is 5.81. The molecule has 7 heteroatoms. The van der Waals surface area contributed by atoms with Gasteiger partial charge >= 0.3 is 6.18 Å². The normalized spacial score (nSPS) is 15.7. The number of halogens is 3. The highest BCUT2D eigenvalue weighted by atomic mass is 19.4. The van der Waals surface area contributed by atoms with Gasteiger partial charge in [-0.05, 0) is 31.0 Å². The Bertz CT molecular complexity index is 643. The molecule has 100 valence electrons. The maximum Gasteiger partial charge on any atom is 0.449 e. The second-order valence-corrected chi connectivity index (χ2v) is 4.56. The molecule has 1 aliphatic rings. The van der Waals surface area contributed by atoms with Crippen LogP contribution in [0.4, 0.5) is 13.2 Å². The predicted octanol–water partition coefficient (Wildman–Crippen LogP) is 2.47. The minimum absolute atomic E-state index is 0.190. The summed E-state index contributed by atoms with van der Waals surface area (Å²) in [5, 5.41) is 2.78. The van der Waals surface area contributed by atoms with Crippen LogP contribution in [0.5, 0.6) is 0 Å². The highest BCUT2D eigenvalue weighted by Gasteiger charge is 2.34. The third-order valence-corrected chi connectivity index (χ3v) is 2.93. The van der Waals surface area contributed by atoms with E-state index >= 15 is 0 Å². The highest BCUT2D eigenvalue weighted by molar-refractivity contribution is 5.97. The summed E-state index contributed by atoms with van der Waals surface area (Å²) in [5.41, 5.74) is 0.725. The van der Waals surface area contributed by atoms with E-state index in [1.54, 1.807) is 0 Å². The van der Waals surface area contributed by atoms with Gasteiger partial charge in [-0.1, -0.05) is 0 Å². The van der Waals surface area contributed by atoms with Gasteiger partial charge in [-0.2, -0.15) is 13.2 Å². The molecular formula is C12H10F3N3O. The minimum Gasteiger partial charge on any atom is -0.349 e. The van der Waals surface area contributed by atoms with Crippen LogP contribution < -0.4 is 5.32 Å². The maximum atomic E-state index is 12.5. The lowest BCUT2D eigenvalue weighted by Crippen LogP contribution is -2.25. The molecule has 4 nitrogen and oxygen atoms in total. The summed E-state index contributed by atoms with van der Waals surface area (Å²) >= 11 is 0. The molecule has 1 saturated carbocycles. The molecule has 0 aliphatic heterocycles. The van der Waals surface area contributed by atoms with E-state index in [0.717, 1.165) is 12.8 Å². The Kier molecular flexibility index (Phi) is 2.51. The molecule has 2 aromatic rings. The zero-order valence-corrected chi connectivity index (χ0v) is 9.71. The van der Waals surface area contributed by atoms with Crippen molar-refractivity contribution >= 4 is 16.9 Å². The summed E-state index contributed by atoms with van der Waals surface area (Å²) in [6.07, 6.45) is -2.61. The molecular weight excluding hydrogens is 259 g/mol. The first-order chi connectivity index (χ1) is 8.93. The van der Waals surface area contributed by atoms with Gasteiger partial charge in [-0.3, -0.25) is 4.79 Å². The van der Waals surface area contributed by atoms with E-state index in [-0.39, 0.29) is 23.0 Å².